The minimum absolute atomic E-state index is 0.504. The van der Waals surface area contributed by atoms with E-state index in [-0.39, 0.29) is 0 Å². The second kappa shape index (κ2) is 7.61. The first-order valence-corrected chi connectivity index (χ1v) is 8.77. The molecule has 118 valence electrons. The molecular formula is C17H27BrN2O. The molecule has 1 heterocycles. The van der Waals surface area contributed by atoms with Crippen LogP contribution in [0.15, 0.2) is 22.7 Å². The Bertz CT molecular complexity index is 462. The van der Waals surface area contributed by atoms with Gasteiger partial charge in [-0.3, -0.25) is 0 Å². The zero-order chi connectivity index (χ0) is 15.3. The van der Waals surface area contributed by atoms with Gasteiger partial charge in [-0.15, -0.1) is 0 Å². The van der Waals surface area contributed by atoms with Crippen molar-refractivity contribution in [1.29, 1.82) is 0 Å². The van der Waals surface area contributed by atoms with Crippen molar-refractivity contribution in [2.24, 2.45) is 0 Å². The summed E-state index contributed by atoms with van der Waals surface area (Å²) in [5, 5.41) is 13.6. The minimum atomic E-state index is -0.504. The number of hydrogen-bond donors (Lipinski definition) is 2. The second-order valence-electron chi connectivity index (χ2n) is 6.29. The standard InChI is InChI=1S/C17H27BrN2O/c1-3-9-19-13-14-5-6-15(12-16(14)18)20-10-4-7-17(2,21)8-11-20/h5-6,12,19,21H,3-4,7-11,13H2,1-2H3. The predicted molar refractivity (Wildman–Crippen MR) is 92.8 cm³/mol. The molecule has 0 saturated carbocycles. The molecule has 0 bridgehead atoms. The summed E-state index contributed by atoms with van der Waals surface area (Å²) in [6.07, 6.45) is 3.93. The molecule has 1 unspecified atom stereocenters. The van der Waals surface area contributed by atoms with Gasteiger partial charge in [-0.05, 0) is 56.8 Å². The van der Waals surface area contributed by atoms with Gasteiger partial charge in [-0.25, -0.2) is 0 Å². The fourth-order valence-corrected chi connectivity index (χ4v) is 3.30. The lowest BCUT2D eigenvalue weighted by Gasteiger charge is -2.25. The highest BCUT2D eigenvalue weighted by atomic mass is 79.9. The van der Waals surface area contributed by atoms with E-state index >= 15 is 0 Å². The summed E-state index contributed by atoms with van der Waals surface area (Å²) in [5.41, 5.74) is 2.04. The van der Waals surface area contributed by atoms with Crippen LogP contribution >= 0.6 is 15.9 Å². The van der Waals surface area contributed by atoms with Crippen LogP contribution in [0.4, 0.5) is 5.69 Å². The van der Waals surface area contributed by atoms with E-state index in [1.54, 1.807) is 0 Å². The molecule has 1 aliphatic rings. The molecule has 0 aliphatic carbocycles. The summed E-state index contributed by atoms with van der Waals surface area (Å²) in [6.45, 7) is 8.04. The van der Waals surface area contributed by atoms with Gasteiger partial charge in [0.1, 0.15) is 0 Å². The number of nitrogens with zero attached hydrogens (tertiary/aromatic N) is 1. The molecule has 1 atom stereocenters. The first-order valence-electron chi connectivity index (χ1n) is 7.98. The van der Waals surface area contributed by atoms with Crippen LogP contribution in [0, 0.1) is 0 Å². The van der Waals surface area contributed by atoms with Crippen LogP contribution < -0.4 is 10.2 Å². The molecule has 2 N–H and O–H groups in total. The van der Waals surface area contributed by atoms with E-state index in [2.05, 4.69) is 51.3 Å². The third-order valence-electron chi connectivity index (χ3n) is 4.21. The van der Waals surface area contributed by atoms with E-state index in [4.69, 9.17) is 0 Å². The summed E-state index contributed by atoms with van der Waals surface area (Å²) in [4.78, 5) is 2.38. The number of hydrogen-bond acceptors (Lipinski definition) is 3. The number of benzene rings is 1. The maximum absolute atomic E-state index is 10.2. The van der Waals surface area contributed by atoms with Crippen LogP contribution in [-0.2, 0) is 6.54 Å². The van der Waals surface area contributed by atoms with Crippen LogP contribution in [0.5, 0.6) is 0 Å². The Labute approximate surface area is 136 Å². The third kappa shape index (κ3) is 4.97. The highest BCUT2D eigenvalue weighted by Gasteiger charge is 2.25. The van der Waals surface area contributed by atoms with Crippen molar-refractivity contribution >= 4 is 21.6 Å². The number of aliphatic hydroxyl groups is 1. The Balaban J connectivity index is 2.02. The van der Waals surface area contributed by atoms with Gasteiger partial charge in [-0.1, -0.05) is 28.9 Å². The van der Waals surface area contributed by atoms with Gasteiger partial charge in [0, 0.05) is 29.8 Å². The molecule has 1 saturated heterocycles. The molecule has 1 aliphatic heterocycles. The average molecular weight is 355 g/mol. The van der Waals surface area contributed by atoms with Crippen molar-refractivity contribution in [2.45, 2.75) is 51.7 Å². The fourth-order valence-electron chi connectivity index (χ4n) is 2.80. The smallest absolute Gasteiger partial charge is 0.0637 e. The normalized spacial score (nSPS) is 23.1. The van der Waals surface area contributed by atoms with Crippen molar-refractivity contribution in [3.8, 4) is 0 Å². The largest absolute Gasteiger partial charge is 0.390 e. The first-order chi connectivity index (χ1) is 10.0. The van der Waals surface area contributed by atoms with Crippen molar-refractivity contribution < 1.29 is 5.11 Å². The van der Waals surface area contributed by atoms with Gasteiger partial charge in [0.25, 0.3) is 0 Å². The number of nitrogens with one attached hydrogen (secondary N) is 1. The Kier molecular flexibility index (Phi) is 6.08. The maximum Gasteiger partial charge on any atom is 0.0637 e. The summed E-state index contributed by atoms with van der Waals surface area (Å²) in [7, 11) is 0. The molecule has 1 aromatic rings. The Morgan fingerprint density at radius 3 is 2.86 bits per heavy atom. The van der Waals surface area contributed by atoms with Crippen LogP contribution in [0.3, 0.4) is 0 Å². The fraction of sp³-hybridized carbons (Fsp3) is 0.647. The number of anilines is 1. The molecule has 0 amide bonds. The first kappa shape index (κ1) is 16.8. The van der Waals surface area contributed by atoms with E-state index in [9.17, 15) is 5.11 Å². The maximum atomic E-state index is 10.2. The lowest BCUT2D eigenvalue weighted by atomic mass is 9.98. The summed E-state index contributed by atoms with van der Waals surface area (Å²) < 4.78 is 1.17. The quantitative estimate of drug-likeness (QED) is 0.791. The lowest BCUT2D eigenvalue weighted by Crippen LogP contribution is -2.28. The molecule has 3 nitrogen and oxygen atoms in total. The predicted octanol–water partition coefficient (Wildman–Crippen LogP) is 3.69. The van der Waals surface area contributed by atoms with Gasteiger partial charge in [0.2, 0.25) is 0 Å². The molecule has 0 radical (unpaired) electrons. The SMILES string of the molecule is CCCNCc1ccc(N2CCCC(C)(O)CC2)cc1Br. The summed E-state index contributed by atoms with van der Waals surface area (Å²) in [6, 6.07) is 6.61. The Hall–Kier alpha value is -0.580. The third-order valence-corrected chi connectivity index (χ3v) is 4.95. The van der Waals surface area contributed by atoms with Crippen molar-refractivity contribution in [3.05, 3.63) is 28.2 Å². The Morgan fingerprint density at radius 2 is 2.14 bits per heavy atom. The van der Waals surface area contributed by atoms with Crippen LogP contribution in [0.1, 0.15) is 45.1 Å². The van der Waals surface area contributed by atoms with E-state index in [1.807, 2.05) is 6.92 Å². The molecule has 1 aromatic carbocycles. The molecule has 2 rings (SSSR count). The van der Waals surface area contributed by atoms with Gasteiger partial charge in [0.05, 0.1) is 5.60 Å². The van der Waals surface area contributed by atoms with E-state index < -0.39 is 5.60 Å². The van der Waals surface area contributed by atoms with Gasteiger partial charge < -0.3 is 15.3 Å². The van der Waals surface area contributed by atoms with Crippen molar-refractivity contribution in [2.75, 3.05) is 24.5 Å². The van der Waals surface area contributed by atoms with Crippen LogP contribution in [0.2, 0.25) is 0 Å². The monoisotopic (exact) mass is 354 g/mol. The molecule has 0 spiro atoms. The molecule has 0 aromatic heterocycles. The number of halogens is 1. The highest BCUT2D eigenvalue weighted by Crippen LogP contribution is 2.28. The van der Waals surface area contributed by atoms with Gasteiger partial charge in [0.15, 0.2) is 0 Å². The minimum Gasteiger partial charge on any atom is -0.390 e. The van der Waals surface area contributed by atoms with Gasteiger partial charge in [-0.2, -0.15) is 0 Å². The van der Waals surface area contributed by atoms with Gasteiger partial charge >= 0.3 is 0 Å². The zero-order valence-electron chi connectivity index (χ0n) is 13.2. The zero-order valence-corrected chi connectivity index (χ0v) is 14.7. The number of rotatable bonds is 5. The van der Waals surface area contributed by atoms with E-state index in [0.717, 1.165) is 51.9 Å². The Morgan fingerprint density at radius 1 is 1.33 bits per heavy atom. The van der Waals surface area contributed by atoms with Crippen molar-refractivity contribution in [1.82, 2.24) is 5.32 Å². The topological polar surface area (TPSA) is 35.5 Å². The highest BCUT2D eigenvalue weighted by molar-refractivity contribution is 9.10. The molecule has 1 fully saturated rings. The lowest BCUT2D eigenvalue weighted by molar-refractivity contribution is 0.0481. The summed E-state index contributed by atoms with van der Waals surface area (Å²) >= 11 is 3.69. The summed E-state index contributed by atoms with van der Waals surface area (Å²) in [5.74, 6) is 0. The van der Waals surface area contributed by atoms with E-state index in [0.29, 0.717) is 0 Å². The average Bonchev–Trinajstić information content (AvgIpc) is 2.62. The molecule has 21 heavy (non-hydrogen) atoms. The molecular weight excluding hydrogens is 328 g/mol. The second-order valence-corrected chi connectivity index (χ2v) is 7.14. The van der Waals surface area contributed by atoms with Crippen LogP contribution in [0.25, 0.3) is 0 Å². The van der Waals surface area contributed by atoms with Crippen molar-refractivity contribution in [3.63, 3.8) is 0 Å². The molecule has 4 heteroatoms. The van der Waals surface area contributed by atoms with Crippen LogP contribution in [-0.4, -0.2) is 30.3 Å². The van der Waals surface area contributed by atoms with E-state index in [1.165, 1.54) is 15.7 Å².